The summed E-state index contributed by atoms with van der Waals surface area (Å²) in [6.45, 7) is 8.74. The van der Waals surface area contributed by atoms with E-state index in [4.69, 9.17) is 4.42 Å². The first-order chi connectivity index (χ1) is 17.2. The highest BCUT2D eigenvalue weighted by Crippen LogP contribution is 2.32. The minimum absolute atomic E-state index is 0.0819. The number of rotatable bonds is 8. The van der Waals surface area contributed by atoms with Crippen LogP contribution in [0.4, 0.5) is 0 Å². The molecule has 36 heavy (non-hydrogen) atoms. The van der Waals surface area contributed by atoms with E-state index in [1.54, 1.807) is 17.8 Å². The molecule has 1 aromatic heterocycles. The minimum Gasteiger partial charge on any atom is -0.455 e. The minimum atomic E-state index is -0.902. The Kier molecular flexibility index (Phi) is 8.02. The molecule has 0 aliphatic rings. The fourth-order valence-electron chi connectivity index (χ4n) is 4.01. The Morgan fingerprint density at radius 2 is 1.56 bits per heavy atom. The molecular weight excluding hydrogens is 466 g/mol. The van der Waals surface area contributed by atoms with Gasteiger partial charge < -0.3 is 14.8 Å². The number of thioether (sulfide) groups is 1. The number of carbonyl (C=O) groups excluding carboxylic acids is 1. The SMILES string of the molecule is Cc1ccc(C(C)(C)C)cc1SCc1ccc(C(=O)N[C@@H](c2ccccc2)[C@H](O)c2ccccc2)o1. The predicted octanol–water partition coefficient (Wildman–Crippen LogP) is 7.38. The Balaban J connectivity index is 1.47. The quantitative estimate of drug-likeness (QED) is 0.248. The second kappa shape index (κ2) is 11.2. The summed E-state index contributed by atoms with van der Waals surface area (Å²) in [4.78, 5) is 14.3. The molecule has 0 saturated heterocycles. The number of hydrogen-bond acceptors (Lipinski definition) is 4. The molecule has 2 N–H and O–H groups in total. The third-order valence-electron chi connectivity index (χ3n) is 6.21. The molecule has 0 aliphatic carbocycles. The monoisotopic (exact) mass is 499 g/mol. The van der Waals surface area contributed by atoms with Gasteiger partial charge in [-0.25, -0.2) is 0 Å². The van der Waals surface area contributed by atoms with Crippen LogP contribution in [0.25, 0.3) is 0 Å². The third kappa shape index (κ3) is 6.28. The summed E-state index contributed by atoms with van der Waals surface area (Å²) in [7, 11) is 0. The number of furan rings is 1. The number of carbonyl (C=O) groups is 1. The van der Waals surface area contributed by atoms with E-state index < -0.39 is 12.1 Å². The maximum Gasteiger partial charge on any atom is 0.287 e. The van der Waals surface area contributed by atoms with Gasteiger partial charge in [-0.05, 0) is 52.8 Å². The molecule has 0 aliphatic heterocycles. The summed E-state index contributed by atoms with van der Waals surface area (Å²) in [5, 5.41) is 14.1. The average Bonchev–Trinajstić information content (AvgIpc) is 3.36. The van der Waals surface area contributed by atoms with E-state index in [2.05, 4.69) is 51.2 Å². The first kappa shape index (κ1) is 25.8. The van der Waals surface area contributed by atoms with Crippen molar-refractivity contribution in [2.75, 3.05) is 0 Å². The Hall–Kier alpha value is -3.28. The Bertz CT molecular complexity index is 1290. The first-order valence-electron chi connectivity index (χ1n) is 12.1. The molecule has 1 heterocycles. The lowest BCUT2D eigenvalue weighted by molar-refractivity contribution is 0.0805. The van der Waals surface area contributed by atoms with E-state index >= 15 is 0 Å². The van der Waals surface area contributed by atoms with Gasteiger partial charge in [0, 0.05) is 4.90 Å². The van der Waals surface area contributed by atoms with E-state index in [9.17, 15) is 9.90 Å². The summed E-state index contributed by atoms with van der Waals surface area (Å²) < 4.78 is 5.91. The average molecular weight is 500 g/mol. The van der Waals surface area contributed by atoms with Crippen molar-refractivity contribution in [3.05, 3.63) is 125 Å². The Morgan fingerprint density at radius 1 is 0.917 bits per heavy atom. The zero-order valence-corrected chi connectivity index (χ0v) is 22.0. The van der Waals surface area contributed by atoms with Crippen molar-refractivity contribution in [1.29, 1.82) is 0 Å². The van der Waals surface area contributed by atoms with Crippen LogP contribution in [-0.4, -0.2) is 11.0 Å². The van der Waals surface area contributed by atoms with Gasteiger partial charge in [-0.3, -0.25) is 4.79 Å². The molecular formula is C31H33NO3S. The van der Waals surface area contributed by atoms with Crippen molar-refractivity contribution >= 4 is 17.7 Å². The fourth-order valence-corrected chi connectivity index (χ4v) is 4.97. The van der Waals surface area contributed by atoms with E-state index in [1.165, 1.54) is 16.0 Å². The Morgan fingerprint density at radius 3 is 2.19 bits per heavy atom. The van der Waals surface area contributed by atoms with Crippen molar-refractivity contribution in [3.63, 3.8) is 0 Å². The van der Waals surface area contributed by atoms with E-state index in [0.717, 1.165) is 16.9 Å². The number of hydrogen-bond donors (Lipinski definition) is 2. The number of aliphatic hydroxyl groups excluding tert-OH is 1. The number of amides is 1. The van der Waals surface area contributed by atoms with Crippen LogP contribution in [0.2, 0.25) is 0 Å². The lowest BCUT2D eigenvalue weighted by Gasteiger charge is -2.24. The van der Waals surface area contributed by atoms with Crippen LogP contribution in [0.3, 0.4) is 0 Å². The number of aryl methyl sites for hydroxylation is 1. The maximum absolute atomic E-state index is 13.1. The highest BCUT2D eigenvalue weighted by molar-refractivity contribution is 7.98. The van der Waals surface area contributed by atoms with Gasteiger partial charge in [0.2, 0.25) is 0 Å². The molecule has 5 heteroatoms. The topological polar surface area (TPSA) is 62.5 Å². The summed E-state index contributed by atoms with van der Waals surface area (Å²) in [5.41, 5.74) is 4.14. The van der Waals surface area contributed by atoms with Crippen molar-refractivity contribution in [2.24, 2.45) is 0 Å². The van der Waals surface area contributed by atoms with Gasteiger partial charge in [0.1, 0.15) is 11.9 Å². The van der Waals surface area contributed by atoms with Gasteiger partial charge in [-0.2, -0.15) is 0 Å². The van der Waals surface area contributed by atoms with Gasteiger partial charge in [-0.1, -0.05) is 93.6 Å². The van der Waals surface area contributed by atoms with Gasteiger partial charge in [0.05, 0.1) is 11.8 Å². The molecule has 0 radical (unpaired) electrons. The standard InChI is InChI=1S/C31H33NO3S/c1-21-15-16-24(31(2,3)4)19-27(21)36-20-25-17-18-26(35-25)30(34)32-28(22-11-7-5-8-12-22)29(33)23-13-9-6-10-14-23/h5-19,28-29,33H,20H2,1-4H3,(H,32,34)/t28-,29+/m0/s1. The lowest BCUT2D eigenvalue weighted by Crippen LogP contribution is -2.32. The van der Waals surface area contributed by atoms with Crippen LogP contribution in [0.1, 0.15) is 71.5 Å². The van der Waals surface area contributed by atoms with Gasteiger partial charge >= 0.3 is 0 Å². The molecule has 4 aromatic rings. The van der Waals surface area contributed by atoms with E-state index in [0.29, 0.717) is 5.75 Å². The van der Waals surface area contributed by atoms with Crippen molar-refractivity contribution in [3.8, 4) is 0 Å². The summed E-state index contributed by atoms with van der Waals surface area (Å²) in [6, 6.07) is 28.3. The zero-order chi connectivity index (χ0) is 25.7. The summed E-state index contributed by atoms with van der Waals surface area (Å²) in [5.74, 6) is 1.22. The second-order valence-electron chi connectivity index (χ2n) is 10.0. The smallest absolute Gasteiger partial charge is 0.287 e. The van der Waals surface area contributed by atoms with Crippen LogP contribution < -0.4 is 5.32 Å². The molecule has 1 amide bonds. The van der Waals surface area contributed by atoms with Crippen molar-refractivity contribution in [1.82, 2.24) is 5.32 Å². The normalized spacial score (nSPS) is 13.2. The highest BCUT2D eigenvalue weighted by Gasteiger charge is 2.26. The Labute approximate surface area is 217 Å². The summed E-state index contributed by atoms with van der Waals surface area (Å²) >= 11 is 1.70. The van der Waals surface area contributed by atoms with Crippen LogP contribution >= 0.6 is 11.8 Å². The van der Waals surface area contributed by atoms with Gasteiger partial charge in [-0.15, -0.1) is 11.8 Å². The third-order valence-corrected chi connectivity index (χ3v) is 7.39. The first-order valence-corrected chi connectivity index (χ1v) is 13.1. The van der Waals surface area contributed by atoms with Gasteiger partial charge in [0.15, 0.2) is 5.76 Å². The van der Waals surface area contributed by atoms with Crippen LogP contribution in [0.5, 0.6) is 0 Å². The maximum atomic E-state index is 13.1. The van der Waals surface area contributed by atoms with E-state index in [-0.39, 0.29) is 17.1 Å². The largest absolute Gasteiger partial charge is 0.455 e. The van der Waals surface area contributed by atoms with Crippen LogP contribution in [0.15, 0.2) is 100 Å². The number of aliphatic hydroxyl groups is 1. The molecule has 0 fully saturated rings. The highest BCUT2D eigenvalue weighted by atomic mass is 32.2. The molecule has 0 saturated carbocycles. The molecule has 4 rings (SSSR count). The van der Waals surface area contributed by atoms with Crippen LogP contribution in [-0.2, 0) is 11.2 Å². The van der Waals surface area contributed by atoms with Crippen molar-refractivity contribution in [2.45, 2.75) is 55.9 Å². The van der Waals surface area contributed by atoms with Crippen LogP contribution in [0, 0.1) is 6.92 Å². The number of nitrogens with one attached hydrogen (secondary N) is 1. The molecule has 186 valence electrons. The number of benzene rings is 3. The molecule has 2 atom stereocenters. The van der Waals surface area contributed by atoms with E-state index in [1.807, 2.05) is 66.7 Å². The predicted molar refractivity (Wildman–Crippen MR) is 146 cm³/mol. The second-order valence-corrected chi connectivity index (χ2v) is 11.0. The lowest BCUT2D eigenvalue weighted by atomic mass is 9.87. The molecule has 0 bridgehead atoms. The zero-order valence-electron chi connectivity index (χ0n) is 21.2. The molecule has 3 aromatic carbocycles. The summed E-state index contributed by atoms with van der Waals surface area (Å²) in [6.07, 6.45) is -0.902. The molecule has 4 nitrogen and oxygen atoms in total. The molecule has 0 spiro atoms. The van der Waals surface area contributed by atoms with Crippen molar-refractivity contribution < 1.29 is 14.3 Å². The fraction of sp³-hybridized carbons (Fsp3) is 0.258. The molecule has 0 unspecified atom stereocenters. The van der Waals surface area contributed by atoms with Gasteiger partial charge in [0.25, 0.3) is 5.91 Å².